The predicted molar refractivity (Wildman–Crippen MR) is 73.6 cm³/mol. The van der Waals surface area contributed by atoms with Gasteiger partial charge in [0, 0.05) is 9.50 Å². The summed E-state index contributed by atoms with van der Waals surface area (Å²) in [5.41, 5.74) is 2.19. The SMILES string of the molecule is N#Cc1ccccc1Nc1cc(Cl)ccc1Br. The molecule has 1 N–H and O–H groups in total. The van der Waals surface area contributed by atoms with Gasteiger partial charge in [-0.3, -0.25) is 0 Å². The molecule has 0 aliphatic heterocycles. The van der Waals surface area contributed by atoms with Crippen molar-refractivity contribution in [3.05, 3.63) is 57.5 Å². The second-order valence-electron chi connectivity index (χ2n) is 3.41. The molecule has 0 aliphatic carbocycles. The highest BCUT2D eigenvalue weighted by atomic mass is 79.9. The van der Waals surface area contributed by atoms with Crippen molar-refractivity contribution in [2.45, 2.75) is 0 Å². The van der Waals surface area contributed by atoms with E-state index in [0.29, 0.717) is 10.6 Å². The van der Waals surface area contributed by atoms with Gasteiger partial charge in [0.1, 0.15) is 6.07 Å². The van der Waals surface area contributed by atoms with Gasteiger partial charge in [-0.15, -0.1) is 0 Å². The third kappa shape index (κ3) is 2.79. The lowest BCUT2D eigenvalue weighted by molar-refractivity contribution is 1.45. The lowest BCUT2D eigenvalue weighted by Gasteiger charge is -2.10. The number of rotatable bonds is 2. The van der Waals surface area contributed by atoms with Crippen LogP contribution in [0.3, 0.4) is 0 Å². The Kier molecular flexibility index (Phi) is 3.68. The Morgan fingerprint density at radius 3 is 2.65 bits per heavy atom. The molecule has 0 aliphatic rings. The molecule has 2 aromatic rings. The van der Waals surface area contributed by atoms with Crippen molar-refractivity contribution in [3.8, 4) is 6.07 Å². The number of nitriles is 1. The van der Waals surface area contributed by atoms with E-state index in [1.807, 2.05) is 24.3 Å². The Morgan fingerprint density at radius 1 is 1.12 bits per heavy atom. The van der Waals surface area contributed by atoms with E-state index >= 15 is 0 Å². The first-order valence-corrected chi connectivity index (χ1v) is 6.09. The van der Waals surface area contributed by atoms with Crippen LogP contribution in [0.2, 0.25) is 5.02 Å². The van der Waals surface area contributed by atoms with Crippen LogP contribution in [-0.4, -0.2) is 0 Å². The number of benzene rings is 2. The van der Waals surface area contributed by atoms with E-state index in [0.717, 1.165) is 15.8 Å². The van der Waals surface area contributed by atoms with Gasteiger partial charge >= 0.3 is 0 Å². The van der Waals surface area contributed by atoms with Crippen LogP contribution in [-0.2, 0) is 0 Å². The summed E-state index contributed by atoms with van der Waals surface area (Å²) in [5.74, 6) is 0. The summed E-state index contributed by atoms with van der Waals surface area (Å²) in [6.07, 6.45) is 0. The normalized spacial score (nSPS) is 9.71. The minimum atomic E-state index is 0.597. The fourth-order valence-electron chi connectivity index (χ4n) is 1.43. The number of hydrogen-bond donors (Lipinski definition) is 1. The zero-order chi connectivity index (χ0) is 12.3. The van der Waals surface area contributed by atoms with Gasteiger partial charge in [-0.2, -0.15) is 5.26 Å². The summed E-state index contributed by atoms with van der Waals surface area (Å²) >= 11 is 9.36. The Balaban J connectivity index is 2.38. The molecule has 2 rings (SSSR count). The van der Waals surface area contributed by atoms with Crippen LogP contribution < -0.4 is 5.32 Å². The van der Waals surface area contributed by atoms with Crippen LogP contribution in [0.5, 0.6) is 0 Å². The number of nitrogens with zero attached hydrogens (tertiary/aromatic N) is 1. The molecule has 0 amide bonds. The van der Waals surface area contributed by atoms with Crippen molar-refractivity contribution < 1.29 is 0 Å². The molecule has 17 heavy (non-hydrogen) atoms. The van der Waals surface area contributed by atoms with Crippen molar-refractivity contribution in [1.82, 2.24) is 0 Å². The first-order chi connectivity index (χ1) is 8.20. The molecule has 0 unspecified atom stereocenters. The molecule has 0 radical (unpaired) electrons. The van der Waals surface area contributed by atoms with E-state index in [4.69, 9.17) is 16.9 Å². The summed E-state index contributed by atoms with van der Waals surface area (Å²) < 4.78 is 0.898. The van der Waals surface area contributed by atoms with Gasteiger partial charge in [0.25, 0.3) is 0 Å². The molecule has 4 heteroatoms. The van der Waals surface area contributed by atoms with E-state index in [1.165, 1.54) is 0 Å². The minimum absolute atomic E-state index is 0.597. The molecule has 84 valence electrons. The van der Waals surface area contributed by atoms with E-state index in [2.05, 4.69) is 27.3 Å². The number of nitrogens with one attached hydrogen (secondary N) is 1. The topological polar surface area (TPSA) is 35.8 Å². The molecule has 0 spiro atoms. The first-order valence-electron chi connectivity index (χ1n) is 4.92. The van der Waals surface area contributed by atoms with E-state index in [1.54, 1.807) is 18.2 Å². The van der Waals surface area contributed by atoms with Crippen LogP contribution >= 0.6 is 27.5 Å². The van der Waals surface area contributed by atoms with Crippen LogP contribution in [0, 0.1) is 11.3 Å². The number of hydrogen-bond acceptors (Lipinski definition) is 2. The first kappa shape index (κ1) is 12.0. The van der Waals surface area contributed by atoms with E-state index < -0.39 is 0 Å². The van der Waals surface area contributed by atoms with Crippen molar-refractivity contribution in [3.63, 3.8) is 0 Å². The standard InChI is InChI=1S/C13H8BrClN2/c14-11-6-5-10(15)7-13(11)17-12-4-2-1-3-9(12)8-16/h1-7,17H. The average molecular weight is 308 g/mol. The van der Waals surface area contributed by atoms with Crippen LogP contribution in [0.1, 0.15) is 5.56 Å². The molecule has 0 heterocycles. The predicted octanol–water partition coefficient (Wildman–Crippen LogP) is 4.72. The highest BCUT2D eigenvalue weighted by Crippen LogP contribution is 2.29. The second kappa shape index (κ2) is 5.22. The van der Waals surface area contributed by atoms with E-state index in [9.17, 15) is 0 Å². The van der Waals surface area contributed by atoms with Gasteiger partial charge in [-0.1, -0.05) is 23.7 Å². The maximum atomic E-state index is 8.99. The number of anilines is 2. The molecule has 0 aromatic heterocycles. The van der Waals surface area contributed by atoms with Crippen molar-refractivity contribution in [1.29, 1.82) is 5.26 Å². The second-order valence-corrected chi connectivity index (χ2v) is 4.70. The molecule has 2 aromatic carbocycles. The van der Waals surface area contributed by atoms with Crippen molar-refractivity contribution in [2.75, 3.05) is 5.32 Å². The Bertz CT molecular complexity index is 590. The van der Waals surface area contributed by atoms with Crippen LogP contribution in [0.4, 0.5) is 11.4 Å². The maximum Gasteiger partial charge on any atom is 0.101 e. The van der Waals surface area contributed by atoms with Crippen LogP contribution in [0.15, 0.2) is 46.9 Å². The summed E-state index contributed by atoms with van der Waals surface area (Å²) in [6, 6.07) is 14.9. The fourth-order valence-corrected chi connectivity index (χ4v) is 1.95. The molecular weight excluding hydrogens is 300 g/mol. The largest absolute Gasteiger partial charge is 0.353 e. The maximum absolute atomic E-state index is 8.99. The van der Waals surface area contributed by atoms with Gasteiger partial charge in [0.15, 0.2) is 0 Å². The van der Waals surface area contributed by atoms with Gasteiger partial charge in [0.2, 0.25) is 0 Å². The summed E-state index contributed by atoms with van der Waals surface area (Å²) in [5, 5.41) is 12.8. The Labute approximate surface area is 113 Å². The molecule has 0 saturated carbocycles. The minimum Gasteiger partial charge on any atom is -0.353 e. The van der Waals surface area contributed by atoms with Gasteiger partial charge in [-0.05, 0) is 46.3 Å². The van der Waals surface area contributed by atoms with Crippen molar-refractivity contribution >= 4 is 38.9 Å². The lowest BCUT2D eigenvalue weighted by atomic mass is 10.2. The molecular formula is C13H8BrClN2. The lowest BCUT2D eigenvalue weighted by Crippen LogP contribution is -1.94. The summed E-state index contributed by atoms with van der Waals surface area (Å²) in [6.45, 7) is 0. The molecule has 0 fully saturated rings. The van der Waals surface area contributed by atoms with Gasteiger partial charge in [-0.25, -0.2) is 0 Å². The molecule has 0 saturated heterocycles. The third-order valence-electron chi connectivity index (χ3n) is 2.25. The smallest absolute Gasteiger partial charge is 0.101 e. The average Bonchev–Trinajstić information content (AvgIpc) is 2.34. The van der Waals surface area contributed by atoms with Crippen molar-refractivity contribution in [2.24, 2.45) is 0 Å². The number of para-hydroxylation sites is 1. The zero-order valence-corrected chi connectivity index (χ0v) is 11.1. The third-order valence-corrected chi connectivity index (χ3v) is 3.17. The van der Waals surface area contributed by atoms with Crippen LogP contribution in [0.25, 0.3) is 0 Å². The van der Waals surface area contributed by atoms with Gasteiger partial charge < -0.3 is 5.32 Å². The highest BCUT2D eigenvalue weighted by molar-refractivity contribution is 9.10. The van der Waals surface area contributed by atoms with E-state index in [-0.39, 0.29) is 0 Å². The molecule has 2 nitrogen and oxygen atoms in total. The Hall–Kier alpha value is -1.50. The monoisotopic (exact) mass is 306 g/mol. The summed E-state index contributed by atoms with van der Waals surface area (Å²) in [4.78, 5) is 0. The number of halogens is 2. The fraction of sp³-hybridized carbons (Fsp3) is 0. The van der Waals surface area contributed by atoms with Gasteiger partial charge in [0.05, 0.1) is 16.9 Å². The summed E-state index contributed by atoms with van der Waals surface area (Å²) in [7, 11) is 0. The molecule has 0 bridgehead atoms. The quantitative estimate of drug-likeness (QED) is 0.871. The molecule has 0 atom stereocenters. The Morgan fingerprint density at radius 2 is 1.88 bits per heavy atom. The highest BCUT2D eigenvalue weighted by Gasteiger charge is 2.04. The zero-order valence-electron chi connectivity index (χ0n) is 8.74.